The molecule has 0 bridgehead atoms. The lowest BCUT2D eigenvalue weighted by Crippen LogP contribution is -2.62. The molecule has 79 heavy (non-hydrogen) atoms. The maximum atomic E-state index is 15.3. The molecular formula is C59H90N8O11S. The zero-order valence-corrected chi connectivity index (χ0v) is 50.1. The quantitative estimate of drug-likeness (QED) is 0.196. The zero-order chi connectivity index (χ0) is 59.2. The van der Waals surface area contributed by atoms with Crippen molar-refractivity contribution in [2.75, 3.05) is 46.7 Å². The first-order valence-corrected chi connectivity index (χ1v) is 29.2. The molecular weight excluding hydrogens is 1030 g/mol. The Bertz CT molecular complexity index is 2420. The maximum Gasteiger partial charge on any atom is 0.332 e. The lowest BCUT2D eigenvalue weighted by molar-refractivity contribution is -0.177. The smallest absolute Gasteiger partial charge is 0.332 e. The summed E-state index contributed by atoms with van der Waals surface area (Å²) in [4.78, 5) is 140. The number of esters is 1. The van der Waals surface area contributed by atoms with Crippen LogP contribution in [0.4, 0.5) is 0 Å². The van der Waals surface area contributed by atoms with Gasteiger partial charge in [-0.3, -0.25) is 38.4 Å². The molecule has 20 heteroatoms. The molecule has 0 radical (unpaired) electrons. The summed E-state index contributed by atoms with van der Waals surface area (Å²) < 4.78 is 6.09. The maximum absolute atomic E-state index is 15.3. The Morgan fingerprint density at radius 2 is 1.11 bits per heavy atom. The lowest BCUT2D eigenvalue weighted by Gasteiger charge is -2.39. The van der Waals surface area contributed by atoms with Crippen molar-refractivity contribution in [1.82, 2.24) is 40.4 Å². The number of amides is 8. The predicted molar refractivity (Wildman–Crippen MR) is 305 cm³/mol. The van der Waals surface area contributed by atoms with E-state index in [9.17, 15) is 38.7 Å². The first-order chi connectivity index (χ1) is 37.1. The van der Waals surface area contributed by atoms with E-state index in [-0.39, 0.29) is 44.6 Å². The number of carbonyl (C=O) groups excluding carboxylic acids is 9. The van der Waals surface area contributed by atoms with Crippen molar-refractivity contribution in [1.29, 1.82) is 0 Å². The second-order valence-electron chi connectivity index (χ2n) is 23.2. The summed E-state index contributed by atoms with van der Waals surface area (Å²) >= 11 is 1.46. The van der Waals surface area contributed by atoms with Crippen LogP contribution >= 0.6 is 11.8 Å². The van der Waals surface area contributed by atoms with Gasteiger partial charge in [-0.15, -0.1) is 0 Å². The molecule has 4 rings (SSSR count). The highest BCUT2D eigenvalue weighted by atomic mass is 32.2. The summed E-state index contributed by atoms with van der Waals surface area (Å²) in [7, 11) is 5.67. The fourth-order valence-corrected chi connectivity index (χ4v) is 11.3. The summed E-state index contributed by atoms with van der Waals surface area (Å²) in [5.41, 5.74) is -0.550. The minimum atomic E-state index is -1.97. The fourth-order valence-electron chi connectivity index (χ4n) is 10.8. The molecule has 8 amide bonds. The van der Waals surface area contributed by atoms with Crippen molar-refractivity contribution in [3.8, 4) is 0 Å². The third kappa shape index (κ3) is 17.0. The Labute approximate surface area is 473 Å². The van der Waals surface area contributed by atoms with Crippen molar-refractivity contribution in [2.45, 2.75) is 174 Å². The molecule has 0 aliphatic carbocycles. The van der Waals surface area contributed by atoms with E-state index in [0.717, 1.165) is 10.5 Å². The third-order valence-electron chi connectivity index (χ3n) is 15.3. The van der Waals surface area contributed by atoms with Gasteiger partial charge in [0.25, 0.3) is 5.91 Å². The number of likely N-dealkylation sites (N-methyl/N-ethyl adjacent to an activating group) is 4. The monoisotopic (exact) mass is 1120 g/mol. The van der Waals surface area contributed by atoms with Crippen LogP contribution in [0.25, 0.3) is 0 Å². The number of hydrogen-bond donors (Lipinski definition) is 4. The van der Waals surface area contributed by atoms with Crippen LogP contribution in [0.15, 0.2) is 60.7 Å². The summed E-state index contributed by atoms with van der Waals surface area (Å²) in [6, 6.07) is 8.14. The number of benzene rings is 2. The summed E-state index contributed by atoms with van der Waals surface area (Å²) in [5, 5.41) is 20.4. The molecule has 2 fully saturated rings. The van der Waals surface area contributed by atoms with E-state index in [0.29, 0.717) is 24.2 Å². The van der Waals surface area contributed by atoms with Gasteiger partial charge in [0.1, 0.15) is 42.3 Å². The van der Waals surface area contributed by atoms with Crippen LogP contribution in [0.2, 0.25) is 0 Å². The Morgan fingerprint density at radius 1 is 0.633 bits per heavy atom. The number of carbonyl (C=O) groups is 9. The standard InChI is InChI=1S/C59H90N8O11S/c1-16-38(8)48-57(75)65(13)47(37(6)7)52(70)62-43(33-39-24-19-17-20-25-39)54(72)63(11)45(34-40-26-21-18-22-27-40)56(74)67-30-23-28-44(67)50(68)60-41(29-31-79-15)53(71)64(12)46(36(4)5)51(69)61-42(32-35(2)3)55(73)66(14)49(58(76)78-48)59(9,10)77/h17-22,24-27,35-38,41-49,77H,16,23,28-34H2,1-15H3,(H,60,68)(H,61,69)(H,62,70)/t38-,41+,42+,43+,44+,45+,46+,47+,48-,49-/m1/s1. The van der Waals surface area contributed by atoms with E-state index in [4.69, 9.17) is 4.74 Å². The molecule has 4 N–H and O–H groups in total. The molecule has 19 nitrogen and oxygen atoms in total. The SMILES string of the molecule is CC[C@@H](C)[C@H]1OC(=O)[C@H](C(C)(C)O)N(C)C(=O)[C@H](CC(C)C)NC(=O)[C@H](C(C)C)N(C)C(=O)[C@H](CCSC)NC(=O)[C@@H]2CCCN2C(=O)[C@H](Cc2ccccc2)N(C)C(=O)[C@H](Cc2ccccc2)NC(=O)[C@H](C(C)C)N(C)C1=O. The number of thioether (sulfide) groups is 1. The van der Waals surface area contributed by atoms with Crippen molar-refractivity contribution in [3.05, 3.63) is 71.8 Å². The number of hydrogen-bond acceptors (Lipinski definition) is 12. The summed E-state index contributed by atoms with van der Waals surface area (Å²) in [5.74, 6) is -7.74. The van der Waals surface area contributed by atoms with E-state index < -0.39 is 131 Å². The van der Waals surface area contributed by atoms with E-state index in [2.05, 4.69) is 16.0 Å². The molecule has 2 saturated heterocycles. The average Bonchev–Trinajstić information content (AvgIpc) is 3.90. The highest BCUT2D eigenvalue weighted by Crippen LogP contribution is 2.27. The van der Waals surface area contributed by atoms with E-state index in [1.807, 2.05) is 56.5 Å². The van der Waals surface area contributed by atoms with Gasteiger partial charge >= 0.3 is 5.97 Å². The van der Waals surface area contributed by atoms with Gasteiger partial charge in [-0.25, -0.2) is 4.79 Å². The Balaban J connectivity index is 1.97. The number of rotatable bonds is 14. The highest BCUT2D eigenvalue weighted by molar-refractivity contribution is 7.98. The van der Waals surface area contributed by atoms with Crippen LogP contribution in [-0.4, -0.2) is 190 Å². The summed E-state index contributed by atoms with van der Waals surface area (Å²) in [6.07, 6.45) is 1.69. The number of nitrogens with one attached hydrogen (secondary N) is 3. The molecule has 2 aromatic rings. The van der Waals surface area contributed by atoms with Crippen molar-refractivity contribution in [3.63, 3.8) is 0 Å². The number of ether oxygens (including phenoxy) is 1. The number of aliphatic hydroxyl groups is 1. The Kier molecular flexibility index (Phi) is 24.4. The van der Waals surface area contributed by atoms with Crippen LogP contribution in [0.3, 0.4) is 0 Å². The molecule has 2 aromatic carbocycles. The molecule has 2 heterocycles. The first kappa shape index (κ1) is 65.5. The minimum Gasteiger partial charge on any atom is -0.450 e. The van der Waals surface area contributed by atoms with Gasteiger partial charge in [0, 0.05) is 53.5 Å². The van der Waals surface area contributed by atoms with E-state index in [1.54, 1.807) is 65.8 Å². The van der Waals surface area contributed by atoms with Crippen LogP contribution in [-0.2, 0) is 60.7 Å². The topological polar surface area (TPSA) is 235 Å². The molecule has 2 aliphatic rings. The summed E-state index contributed by atoms with van der Waals surface area (Å²) in [6.45, 7) is 17.0. The molecule has 0 unspecified atom stereocenters. The normalized spacial score (nSPS) is 26.1. The van der Waals surface area contributed by atoms with Gasteiger partial charge in [0.2, 0.25) is 41.4 Å². The van der Waals surface area contributed by atoms with Crippen LogP contribution in [0, 0.1) is 23.7 Å². The minimum absolute atomic E-state index is 0.00633. The molecule has 10 atom stereocenters. The second-order valence-corrected chi connectivity index (χ2v) is 24.1. The third-order valence-corrected chi connectivity index (χ3v) is 15.9. The van der Waals surface area contributed by atoms with Gasteiger partial charge in [-0.2, -0.15) is 11.8 Å². The van der Waals surface area contributed by atoms with Crippen molar-refractivity contribution >= 4 is 65.0 Å². The number of fused-ring (bicyclic) bond motifs is 1. The second kappa shape index (κ2) is 29.4. The largest absolute Gasteiger partial charge is 0.450 e. The molecule has 2 aliphatic heterocycles. The fraction of sp³-hybridized carbons (Fsp3) is 0.644. The average molecular weight is 1120 g/mol. The van der Waals surface area contributed by atoms with Gasteiger partial charge in [-0.05, 0) is 86.8 Å². The number of nitrogens with zero attached hydrogens (tertiary/aromatic N) is 5. The molecule has 0 aromatic heterocycles. The predicted octanol–water partition coefficient (Wildman–Crippen LogP) is 4.08. The highest BCUT2D eigenvalue weighted by Gasteiger charge is 2.48. The Morgan fingerprint density at radius 3 is 1.61 bits per heavy atom. The van der Waals surface area contributed by atoms with E-state index >= 15 is 9.59 Å². The first-order valence-electron chi connectivity index (χ1n) is 27.8. The van der Waals surface area contributed by atoms with Gasteiger partial charge in [0.15, 0.2) is 12.1 Å². The van der Waals surface area contributed by atoms with Gasteiger partial charge < -0.3 is 50.3 Å². The van der Waals surface area contributed by atoms with E-state index in [1.165, 1.54) is 73.4 Å². The Hall–Kier alpha value is -6.02. The van der Waals surface area contributed by atoms with Crippen molar-refractivity contribution in [2.24, 2.45) is 23.7 Å². The van der Waals surface area contributed by atoms with Gasteiger partial charge in [0.05, 0.1) is 5.60 Å². The molecule has 0 saturated carbocycles. The van der Waals surface area contributed by atoms with Crippen LogP contribution in [0.5, 0.6) is 0 Å². The van der Waals surface area contributed by atoms with Gasteiger partial charge in [-0.1, -0.05) is 116 Å². The lowest BCUT2D eigenvalue weighted by atomic mass is 9.94. The number of cyclic esters (lactones) is 1. The van der Waals surface area contributed by atoms with Crippen molar-refractivity contribution < 1.29 is 53.0 Å². The molecule has 438 valence electrons. The van der Waals surface area contributed by atoms with Crippen LogP contribution in [0.1, 0.15) is 112 Å². The van der Waals surface area contributed by atoms with Crippen LogP contribution < -0.4 is 16.0 Å². The molecule has 0 spiro atoms. The zero-order valence-electron chi connectivity index (χ0n) is 49.3.